The summed E-state index contributed by atoms with van der Waals surface area (Å²) in [7, 11) is 0. The van der Waals surface area contributed by atoms with E-state index < -0.39 is 5.92 Å². The predicted octanol–water partition coefficient (Wildman–Crippen LogP) is 2.99. The second-order valence-corrected chi connectivity index (χ2v) is 6.93. The van der Waals surface area contributed by atoms with Crippen LogP contribution in [0.3, 0.4) is 0 Å². The van der Waals surface area contributed by atoms with E-state index in [0.29, 0.717) is 16.9 Å². The van der Waals surface area contributed by atoms with Crippen LogP contribution in [0.1, 0.15) is 41.1 Å². The number of fused-ring (bicyclic) bond motifs is 1. The average Bonchev–Trinajstić information content (AvgIpc) is 3.22. The lowest BCUT2D eigenvalue weighted by molar-refractivity contribution is -0.123. The zero-order chi connectivity index (χ0) is 18.8. The van der Waals surface area contributed by atoms with Crippen LogP contribution in [0.4, 0.5) is 11.4 Å². The van der Waals surface area contributed by atoms with E-state index in [1.807, 2.05) is 23.1 Å². The lowest BCUT2D eigenvalue weighted by Gasteiger charge is -2.25. The first-order valence-electron chi connectivity index (χ1n) is 9.21. The van der Waals surface area contributed by atoms with E-state index in [4.69, 9.17) is 0 Å². The molecular formula is C21H21N3O3. The van der Waals surface area contributed by atoms with Gasteiger partial charge in [-0.15, -0.1) is 0 Å². The van der Waals surface area contributed by atoms with Crippen LogP contribution in [-0.2, 0) is 9.59 Å². The molecule has 1 atom stereocenters. The van der Waals surface area contributed by atoms with Gasteiger partial charge in [0.15, 0.2) is 0 Å². The highest BCUT2D eigenvalue weighted by molar-refractivity contribution is 6.08. The Bertz CT molecular complexity index is 903. The zero-order valence-electron chi connectivity index (χ0n) is 14.9. The molecule has 0 aliphatic carbocycles. The van der Waals surface area contributed by atoms with Crippen LogP contribution in [0.25, 0.3) is 0 Å². The van der Waals surface area contributed by atoms with E-state index in [-0.39, 0.29) is 24.1 Å². The van der Waals surface area contributed by atoms with E-state index in [1.165, 1.54) is 0 Å². The number of nitrogens with one attached hydrogen (secondary N) is 2. The molecule has 2 heterocycles. The SMILES string of the molecule is O=C1C[C@H](C(=O)Nc2ccccc2C(=O)N2CCCC2)c2ccccc2N1. The summed E-state index contributed by atoms with van der Waals surface area (Å²) in [6.07, 6.45) is 2.10. The molecule has 0 radical (unpaired) electrons. The number of rotatable bonds is 3. The lowest BCUT2D eigenvalue weighted by atomic mass is 9.89. The van der Waals surface area contributed by atoms with Gasteiger partial charge in [0.2, 0.25) is 11.8 Å². The molecule has 6 nitrogen and oxygen atoms in total. The van der Waals surface area contributed by atoms with Gasteiger partial charge in [0, 0.05) is 25.2 Å². The summed E-state index contributed by atoms with van der Waals surface area (Å²) in [6, 6.07) is 14.4. The first-order valence-corrected chi connectivity index (χ1v) is 9.21. The summed E-state index contributed by atoms with van der Waals surface area (Å²) in [5, 5.41) is 5.68. The van der Waals surface area contributed by atoms with Gasteiger partial charge in [0.25, 0.3) is 5.91 Å². The summed E-state index contributed by atoms with van der Waals surface area (Å²) in [4.78, 5) is 39.5. The molecule has 138 valence electrons. The molecule has 1 fully saturated rings. The summed E-state index contributed by atoms with van der Waals surface area (Å²) in [5.41, 5.74) is 2.43. The van der Waals surface area contributed by atoms with Gasteiger partial charge < -0.3 is 15.5 Å². The van der Waals surface area contributed by atoms with E-state index in [2.05, 4.69) is 10.6 Å². The van der Waals surface area contributed by atoms with Crippen LogP contribution in [0, 0.1) is 0 Å². The number of likely N-dealkylation sites (tertiary alicyclic amines) is 1. The third-order valence-electron chi connectivity index (χ3n) is 5.12. The van der Waals surface area contributed by atoms with E-state index in [0.717, 1.165) is 31.5 Å². The number of carbonyl (C=O) groups is 3. The van der Waals surface area contributed by atoms with Crippen LogP contribution in [0.5, 0.6) is 0 Å². The Kier molecular flexibility index (Phi) is 4.62. The normalized spacial score (nSPS) is 18.6. The maximum absolute atomic E-state index is 13.0. The molecule has 2 N–H and O–H groups in total. The molecule has 2 aliphatic rings. The van der Waals surface area contributed by atoms with Gasteiger partial charge in [-0.3, -0.25) is 14.4 Å². The van der Waals surface area contributed by atoms with E-state index >= 15 is 0 Å². The minimum absolute atomic E-state index is 0.0646. The third-order valence-corrected chi connectivity index (χ3v) is 5.12. The fourth-order valence-electron chi connectivity index (χ4n) is 3.73. The average molecular weight is 363 g/mol. The Labute approximate surface area is 157 Å². The van der Waals surface area contributed by atoms with Crippen molar-refractivity contribution in [2.75, 3.05) is 23.7 Å². The van der Waals surface area contributed by atoms with Crippen LogP contribution in [0.2, 0.25) is 0 Å². The van der Waals surface area contributed by atoms with Crippen LogP contribution < -0.4 is 10.6 Å². The highest BCUT2D eigenvalue weighted by atomic mass is 16.2. The van der Waals surface area contributed by atoms with Crippen molar-refractivity contribution in [1.82, 2.24) is 4.90 Å². The van der Waals surface area contributed by atoms with Crippen LogP contribution >= 0.6 is 0 Å². The van der Waals surface area contributed by atoms with Gasteiger partial charge in [0.1, 0.15) is 0 Å². The Hall–Kier alpha value is -3.15. The standard InChI is InChI=1S/C21H21N3O3/c25-19-13-16(14-7-1-3-9-17(14)22-19)20(26)23-18-10-4-2-8-15(18)21(27)24-11-5-6-12-24/h1-4,7-10,16H,5-6,11-13H2,(H,22,25)(H,23,26)/t16-/m0/s1. The predicted molar refractivity (Wildman–Crippen MR) is 103 cm³/mol. The number of benzene rings is 2. The van der Waals surface area contributed by atoms with Crippen LogP contribution in [0.15, 0.2) is 48.5 Å². The topological polar surface area (TPSA) is 78.5 Å². The zero-order valence-corrected chi connectivity index (χ0v) is 14.9. The molecule has 0 bridgehead atoms. The molecule has 1 saturated heterocycles. The fraction of sp³-hybridized carbons (Fsp3) is 0.286. The third kappa shape index (κ3) is 3.43. The Morgan fingerprint density at radius 1 is 1.00 bits per heavy atom. The molecule has 2 aromatic carbocycles. The minimum Gasteiger partial charge on any atom is -0.339 e. The van der Waals surface area contributed by atoms with E-state index in [1.54, 1.807) is 30.3 Å². The van der Waals surface area contributed by atoms with Crippen molar-refractivity contribution in [3.8, 4) is 0 Å². The lowest BCUT2D eigenvalue weighted by Crippen LogP contribution is -2.32. The van der Waals surface area contributed by atoms with Crippen molar-refractivity contribution in [3.05, 3.63) is 59.7 Å². The molecule has 2 aliphatic heterocycles. The molecular weight excluding hydrogens is 342 g/mol. The van der Waals surface area contributed by atoms with Gasteiger partial charge in [-0.1, -0.05) is 30.3 Å². The maximum Gasteiger partial charge on any atom is 0.255 e. The monoisotopic (exact) mass is 363 g/mol. The van der Waals surface area contributed by atoms with Crippen molar-refractivity contribution in [1.29, 1.82) is 0 Å². The van der Waals surface area contributed by atoms with Crippen molar-refractivity contribution in [3.63, 3.8) is 0 Å². The van der Waals surface area contributed by atoms with Crippen LogP contribution in [-0.4, -0.2) is 35.7 Å². The molecule has 27 heavy (non-hydrogen) atoms. The molecule has 3 amide bonds. The fourth-order valence-corrected chi connectivity index (χ4v) is 3.73. The van der Waals surface area contributed by atoms with E-state index in [9.17, 15) is 14.4 Å². The highest BCUT2D eigenvalue weighted by Crippen LogP contribution is 2.33. The number of carbonyl (C=O) groups excluding carboxylic acids is 3. The van der Waals surface area contributed by atoms with Crippen molar-refractivity contribution < 1.29 is 14.4 Å². The number of hydrogen-bond donors (Lipinski definition) is 2. The molecule has 4 rings (SSSR count). The molecule has 0 spiro atoms. The van der Waals surface area contributed by atoms with Gasteiger partial charge >= 0.3 is 0 Å². The molecule has 0 unspecified atom stereocenters. The van der Waals surface area contributed by atoms with Gasteiger partial charge in [-0.2, -0.15) is 0 Å². The summed E-state index contributed by atoms with van der Waals surface area (Å²) < 4.78 is 0. The molecule has 0 aromatic heterocycles. The molecule has 6 heteroatoms. The highest BCUT2D eigenvalue weighted by Gasteiger charge is 2.31. The Balaban J connectivity index is 1.59. The first kappa shape index (κ1) is 17.3. The van der Waals surface area contributed by atoms with Crippen molar-refractivity contribution in [2.45, 2.75) is 25.2 Å². The van der Waals surface area contributed by atoms with Gasteiger partial charge in [-0.05, 0) is 36.6 Å². The molecule has 2 aromatic rings. The Morgan fingerprint density at radius 2 is 1.70 bits per heavy atom. The maximum atomic E-state index is 13.0. The van der Waals surface area contributed by atoms with Gasteiger partial charge in [0.05, 0.1) is 17.2 Å². The minimum atomic E-state index is -0.579. The number of amides is 3. The smallest absolute Gasteiger partial charge is 0.255 e. The summed E-state index contributed by atoms with van der Waals surface area (Å²) >= 11 is 0. The number of anilines is 2. The second-order valence-electron chi connectivity index (χ2n) is 6.93. The molecule has 0 saturated carbocycles. The number of hydrogen-bond acceptors (Lipinski definition) is 3. The Morgan fingerprint density at radius 3 is 2.52 bits per heavy atom. The second kappa shape index (κ2) is 7.23. The quantitative estimate of drug-likeness (QED) is 0.880. The van der Waals surface area contributed by atoms with Crippen molar-refractivity contribution in [2.24, 2.45) is 0 Å². The first-order chi connectivity index (χ1) is 13.1. The number of nitrogens with zero attached hydrogens (tertiary/aromatic N) is 1. The summed E-state index contributed by atoms with van der Waals surface area (Å²) in [5.74, 6) is -1.11. The number of para-hydroxylation sites is 2. The van der Waals surface area contributed by atoms with Crippen molar-refractivity contribution >= 4 is 29.1 Å². The van der Waals surface area contributed by atoms with Gasteiger partial charge in [-0.25, -0.2) is 0 Å². The largest absolute Gasteiger partial charge is 0.339 e. The summed E-state index contributed by atoms with van der Waals surface area (Å²) in [6.45, 7) is 1.49.